The van der Waals surface area contributed by atoms with Crippen molar-refractivity contribution in [1.29, 1.82) is 0 Å². The van der Waals surface area contributed by atoms with Gasteiger partial charge in [0.05, 0.1) is 6.20 Å². The number of nitrogen functional groups attached to an aromatic ring is 1. The van der Waals surface area contributed by atoms with Gasteiger partial charge in [-0.1, -0.05) is 0 Å². The lowest BCUT2D eigenvalue weighted by Gasteiger charge is -2.11. The molecule has 0 aliphatic rings. The van der Waals surface area contributed by atoms with Gasteiger partial charge in [0, 0.05) is 27.0 Å². The minimum atomic E-state index is -3.79. The number of halogens is 2. The van der Waals surface area contributed by atoms with Gasteiger partial charge in [0.25, 0.3) is 10.0 Å². The van der Waals surface area contributed by atoms with Crippen molar-refractivity contribution in [3.8, 4) is 0 Å². The van der Waals surface area contributed by atoms with Crippen molar-refractivity contribution in [3.63, 3.8) is 0 Å². The van der Waals surface area contributed by atoms with Crippen molar-refractivity contribution in [2.24, 2.45) is 0 Å². The van der Waals surface area contributed by atoms with Crippen molar-refractivity contribution in [1.82, 2.24) is 9.97 Å². The normalized spacial score (nSPS) is 11.3. The third-order valence-electron chi connectivity index (χ3n) is 2.09. The number of aromatic nitrogens is 2. The highest BCUT2D eigenvalue weighted by molar-refractivity contribution is 9.11. The zero-order chi connectivity index (χ0) is 14.0. The minimum absolute atomic E-state index is 0.0485. The summed E-state index contributed by atoms with van der Waals surface area (Å²) >= 11 is 6.36. The van der Waals surface area contributed by atoms with E-state index >= 15 is 0 Å². The lowest BCUT2D eigenvalue weighted by atomic mass is 10.3. The van der Waals surface area contributed by atoms with Crippen LogP contribution in [0.2, 0.25) is 0 Å². The first-order chi connectivity index (χ1) is 8.90. The van der Waals surface area contributed by atoms with Crippen molar-refractivity contribution in [3.05, 3.63) is 39.7 Å². The average Bonchev–Trinajstić information content (AvgIpc) is 2.27. The topological polar surface area (TPSA) is 98.0 Å². The largest absolute Gasteiger partial charge is 0.399 e. The van der Waals surface area contributed by atoms with Gasteiger partial charge in [-0.25, -0.2) is 13.4 Å². The molecular weight excluding hydrogens is 400 g/mol. The van der Waals surface area contributed by atoms with Crippen LogP contribution < -0.4 is 10.5 Å². The van der Waals surface area contributed by atoms with Gasteiger partial charge in [0.15, 0.2) is 5.82 Å². The second kappa shape index (κ2) is 5.43. The highest BCUT2D eigenvalue weighted by atomic mass is 79.9. The standard InChI is InChI=1S/C10H8Br2N4O2S/c11-7-3-6(13)4-8(12)10(7)19(17,18)16-9-5-14-1-2-15-9/h1-5H,13H2,(H,15,16). The van der Waals surface area contributed by atoms with E-state index in [9.17, 15) is 8.42 Å². The summed E-state index contributed by atoms with van der Waals surface area (Å²) in [6, 6.07) is 3.02. The maximum Gasteiger partial charge on any atom is 0.265 e. The summed E-state index contributed by atoms with van der Waals surface area (Å²) in [6.45, 7) is 0. The third kappa shape index (κ3) is 3.23. The predicted octanol–water partition coefficient (Wildman–Crippen LogP) is 2.38. The first-order valence-electron chi connectivity index (χ1n) is 4.93. The zero-order valence-corrected chi connectivity index (χ0v) is 13.3. The van der Waals surface area contributed by atoms with E-state index in [1.165, 1.54) is 30.7 Å². The first-order valence-corrected chi connectivity index (χ1v) is 8.00. The maximum atomic E-state index is 12.3. The number of benzene rings is 1. The third-order valence-corrected chi connectivity index (χ3v) is 5.32. The van der Waals surface area contributed by atoms with Crippen LogP contribution in [0.15, 0.2) is 44.6 Å². The second-order valence-corrected chi connectivity index (χ2v) is 6.84. The van der Waals surface area contributed by atoms with Crippen LogP contribution in [0.1, 0.15) is 0 Å². The Bertz CT molecular complexity index is 684. The zero-order valence-electron chi connectivity index (χ0n) is 9.34. The summed E-state index contributed by atoms with van der Waals surface area (Å²) in [4.78, 5) is 7.70. The van der Waals surface area contributed by atoms with E-state index < -0.39 is 10.0 Å². The Morgan fingerprint density at radius 2 is 1.79 bits per heavy atom. The lowest BCUT2D eigenvalue weighted by Crippen LogP contribution is -2.15. The summed E-state index contributed by atoms with van der Waals surface area (Å²) in [5, 5.41) is 0. The first kappa shape index (κ1) is 14.2. The van der Waals surface area contributed by atoms with Crippen molar-refractivity contribution in [2.45, 2.75) is 4.90 Å². The SMILES string of the molecule is Nc1cc(Br)c(S(=O)(=O)Nc2cnccn2)c(Br)c1. The number of hydrogen-bond donors (Lipinski definition) is 2. The van der Waals surface area contributed by atoms with Gasteiger partial charge in [0.2, 0.25) is 0 Å². The predicted molar refractivity (Wildman–Crippen MR) is 79.1 cm³/mol. The van der Waals surface area contributed by atoms with Crippen molar-refractivity contribution >= 4 is 53.4 Å². The lowest BCUT2D eigenvalue weighted by molar-refractivity contribution is 0.600. The van der Waals surface area contributed by atoms with E-state index in [1.54, 1.807) is 0 Å². The minimum Gasteiger partial charge on any atom is -0.399 e. The Labute approximate surface area is 126 Å². The fourth-order valence-electron chi connectivity index (χ4n) is 1.38. The molecule has 1 aromatic carbocycles. The smallest absolute Gasteiger partial charge is 0.265 e. The van der Waals surface area contributed by atoms with Gasteiger partial charge in [0.1, 0.15) is 4.90 Å². The summed E-state index contributed by atoms with van der Waals surface area (Å²) in [5.74, 6) is 0.137. The van der Waals surface area contributed by atoms with Gasteiger partial charge in [-0.2, -0.15) is 0 Å². The van der Waals surface area contributed by atoms with Gasteiger partial charge >= 0.3 is 0 Å². The molecule has 100 valence electrons. The van der Waals surface area contributed by atoms with Crippen LogP contribution in [-0.4, -0.2) is 18.4 Å². The molecule has 3 N–H and O–H groups in total. The molecule has 0 unspecified atom stereocenters. The van der Waals surface area contributed by atoms with Crippen LogP contribution in [-0.2, 0) is 10.0 Å². The Morgan fingerprint density at radius 3 is 2.32 bits per heavy atom. The van der Waals surface area contributed by atoms with Crippen molar-refractivity contribution < 1.29 is 8.42 Å². The fraction of sp³-hybridized carbons (Fsp3) is 0. The molecule has 0 aliphatic heterocycles. The van der Waals surface area contributed by atoms with Crippen LogP contribution >= 0.6 is 31.9 Å². The Kier molecular flexibility index (Phi) is 4.07. The Balaban J connectivity index is 2.46. The Morgan fingerprint density at radius 1 is 1.16 bits per heavy atom. The van der Waals surface area contributed by atoms with Crippen LogP contribution in [0.3, 0.4) is 0 Å². The van der Waals surface area contributed by atoms with E-state index in [2.05, 4.69) is 46.5 Å². The fourth-order valence-corrected chi connectivity index (χ4v) is 4.99. The summed E-state index contributed by atoms with van der Waals surface area (Å²) < 4.78 is 27.6. The molecule has 1 aromatic heterocycles. The molecular formula is C10H8Br2N4O2S. The number of hydrogen-bond acceptors (Lipinski definition) is 5. The molecule has 19 heavy (non-hydrogen) atoms. The van der Waals surface area contributed by atoms with Crippen LogP contribution in [0.25, 0.3) is 0 Å². The van der Waals surface area contributed by atoms with Crippen molar-refractivity contribution in [2.75, 3.05) is 10.5 Å². The van der Waals surface area contributed by atoms with Gasteiger partial charge < -0.3 is 5.73 Å². The molecule has 0 aliphatic carbocycles. The highest BCUT2D eigenvalue weighted by Crippen LogP contribution is 2.33. The Hall–Kier alpha value is -1.19. The monoisotopic (exact) mass is 406 g/mol. The van der Waals surface area contributed by atoms with E-state index in [0.717, 1.165) is 0 Å². The summed E-state index contributed by atoms with van der Waals surface area (Å²) in [7, 11) is -3.79. The summed E-state index contributed by atoms with van der Waals surface area (Å²) in [5.41, 5.74) is 6.07. The molecule has 1 heterocycles. The van der Waals surface area contributed by atoms with E-state index in [4.69, 9.17) is 5.73 Å². The van der Waals surface area contributed by atoms with Crippen LogP contribution in [0, 0.1) is 0 Å². The van der Waals surface area contributed by atoms with E-state index in [-0.39, 0.29) is 10.7 Å². The molecule has 0 bridgehead atoms. The molecule has 9 heteroatoms. The molecule has 0 amide bonds. The number of nitrogens with two attached hydrogens (primary N) is 1. The average molecular weight is 408 g/mol. The number of anilines is 2. The molecule has 0 fully saturated rings. The second-order valence-electron chi connectivity index (χ2n) is 3.51. The number of nitrogens with zero attached hydrogens (tertiary/aromatic N) is 2. The molecule has 0 atom stereocenters. The highest BCUT2D eigenvalue weighted by Gasteiger charge is 2.22. The molecule has 6 nitrogen and oxygen atoms in total. The van der Waals surface area contributed by atoms with E-state index in [0.29, 0.717) is 14.6 Å². The van der Waals surface area contributed by atoms with Gasteiger partial charge in [-0.05, 0) is 44.0 Å². The molecule has 2 rings (SSSR count). The number of nitrogens with one attached hydrogen (secondary N) is 1. The maximum absolute atomic E-state index is 12.3. The molecule has 0 spiro atoms. The molecule has 2 aromatic rings. The number of sulfonamides is 1. The number of rotatable bonds is 3. The van der Waals surface area contributed by atoms with Gasteiger partial charge in [-0.15, -0.1) is 0 Å². The molecule has 0 radical (unpaired) electrons. The molecule has 0 saturated heterocycles. The molecule has 0 saturated carbocycles. The quantitative estimate of drug-likeness (QED) is 0.761. The van der Waals surface area contributed by atoms with Crippen LogP contribution in [0.5, 0.6) is 0 Å². The van der Waals surface area contributed by atoms with E-state index in [1.807, 2.05) is 0 Å². The summed E-state index contributed by atoms with van der Waals surface area (Å²) in [6.07, 6.45) is 4.16. The van der Waals surface area contributed by atoms with Crippen LogP contribution in [0.4, 0.5) is 11.5 Å². The van der Waals surface area contributed by atoms with Gasteiger partial charge in [-0.3, -0.25) is 9.71 Å².